The molecule has 2 heterocycles. The van der Waals surface area contributed by atoms with Crippen molar-refractivity contribution in [1.29, 1.82) is 5.26 Å². The fraction of sp³-hybridized carbons (Fsp3) is 0.167. The molecule has 0 aliphatic carbocycles. The van der Waals surface area contributed by atoms with Crippen molar-refractivity contribution in [2.45, 2.75) is 4.90 Å². The molecule has 0 radical (unpaired) electrons. The van der Waals surface area contributed by atoms with Crippen molar-refractivity contribution in [3.8, 4) is 6.07 Å². The zero-order valence-electron chi connectivity index (χ0n) is 17.4. The van der Waals surface area contributed by atoms with Gasteiger partial charge in [0.15, 0.2) is 5.76 Å². The molecule has 0 bridgehead atoms. The van der Waals surface area contributed by atoms with Gasteiger partial charge in [-0.05, 0) is 59.3 Å². The molecule has 9 heteroatoms. The molecule has 1 fully saturated rings. The first-order valence-corrected chi connectivity index (χ1v) is 12.1. The molecule has 7 nitrogen and oxygen atoms in total. The molecule has 0 saturated carbocycles. The van der Waals surface area contributed by atoms with Crippen LogP contribution in [0.1, 0.15) is 16.1 Å². The fourth-order valence-electron chi connectivity index (χ4n) is 4.00. The van der Waals surface area contributed by atoms with Crippen molar-refractivity contribution in [3.63, 3.8) is 0 Å². The van der Waals surface area contributed by atoms with Gasteiger partial charge in [-0.15, -0.1) is 0 Å². The van der Waals surface area contributed by atoms with Crippen molar-refractivity contribution >= 4 is 49.3 Å². The van der Waals surface area contributed by atoms with Gasteiger partial charge in [0.05, 0.1) is 16.5 Å². The van der Waals surface area contributed by atoms with Crippen LogP contribution in [0.15, 0.2) is 70.0 Å². The van der Waals surface area contributed by atoms with Crippen LogP contribution >= 0.6 is 11.6 Å². The number of benzene rings is 3. The van der Waals surface area contributed by atoms with E-state index in [2.05, 4.69) is 0 Å². The van der Waals surface area contributed by atoms with E-state index in [-0.39, 0.29) is 42.7 Å². The summed E-state index contributed by atoms with van der Waals surface area (Å²) in [7, 11) is -3.70. The van der Waals surface area contributed by atoms with E-state index in [1.54, 1.807) is 65.6 Å². The Morgan fingerprint density at radius 2 is 1.61 bits per heavy atom. The normalized spacial score (nSPS) is 15.1. The number of carbonyl (C=O) groups excluding carboxylic acids is 1. The topological polar surface area (TPSA) is 94.6 Å². The van der Waals surface area contributed by atoms with Gasteiger partial charge in [-0.2, -0.15) is 9.57 Å². The van der Waals surface area contributed by atoms with Crippen LogP contribution in [0.2, 0.25) is 5.02 Å². The summed E-state index contributed by atoms with van der Waals surface area (Å²) in [5.74, 6) is -0.131. The van der Waals surface area contributed by atoms with Crippen LogP contribution in [0.25, 0.3) is 21.7 Å². The van der Waals surface area contributed by atoms with Crippen molar-refractivity contribution in [2.24, 2.45) is 0 Å². The molecule has 33 heavy (non-hydrogen) atoms. The van der Waals surface area contributed by atoms with Crippen molar-refractivity contribution in [1.82, 2.24) is 9.21 Å². The highest BCUT2D eigenvalue weighted by atomic mass is 35.5. The molecule has 1 saturated heterocycles. The Bertz CT molecular complexity index is 1550. The van der Waals surface area contributed by atoms with Crippen LogP contribution in [0.3, 0.4) is 0 Å². The number of hydrogen-bond donors (Lipinski definition) is 0. The molecule has 166 valence electrons. The number of fused-ring (bicyclic) bond motifs is 2. The molecule has 0 unspecified atom stereocenters. The largest absolute Gasteiger partial charge is 0.451 e. The van der Waals surface area contributed by atoms with E-state index in [1.165, 1.54) is 4.31 Å². The second kappa shape index (κ2) is 8.19. The highest BCUT2D eigenvalue weighted by molar-refractivity contribution is 7.89. The van der Waals surface area contributed by atoms with Crippen molar-refractivity contribution in [2.75, 3.05) is 26.2 Å². The zero-order chi connectivity index (χ0) is 23.2. The van der Waals surface area contributed by atoms with Gasteiger partial charge in [0.2, 0.25) is 10.0 Å². The fourth-order valence-corrected chi connectivity index (χ4v) is 5.64. The number of nitriles is 1. The van der Waals surface area contributed by atoms with E-state index in [0.717, 1.165) is 16.2 Å². The predicted octanol–water partition coefficient (Wildman–Crippen LogP) is 4.26. The van der Waals surface area contributed by atoms with Crippen LogP contribution in [0, 0.1) is 11.3 Å². The lowest BCUT2D eigenvalue weighted by Crippen LogP contribution is -2.50. The number of carbonyl (C=O) groups is 1. The number of nitrogens with zero attached hydrogens (tertiary/aromatic N) is 3. The van der Waals surface area contributed by atoms with Gasteiger partial charge in [-0.3, -0.25) is 4.79 Å². The quantitative estimate of drug-likeness (QED) is 0.437. The minimum Gasteiger partial charge on any atom is -0.451 e. The lowest BCUT2D eigenvalue weighted by molar-refractivity contribution is 0.0668. The predicted molar refractivity (Wildman–Crippen MR) is 125 cm³/mol. The molecule has 1 aliphatic heterocycles. The van der Waals surface area contributed by atoms with E-state index in [1.807, 2.05) is 6.07 Å². The van der Waals surface area contributed by atoms with Gasteiger partial charge in [0.1, 0.15) is 5.58 Å². The summed E-state index contributed by atoms with van der Waals surface area (Å²) >= 11 is 6.01. The van der Waals surface area contributed by atoms with E-state index < -0.39 is 10.0 Å². The zero-order valence-corrected chi connectivity index (χ0v) is 18.9. The average Bonchev–Trinajstić information content (AvgIpc) is 3.26. The maximum Gasteiger partial charge on any atom is 0.289 e. The molecule has 1 aromatic heterocycles. The third-order valence-electron chi connectivity index (χ3n) is 5.80. The summed E-state index contributed by atoms with van der Waals surface area (Å²) in [6.45, 7) is 0.876. The molecule has 5 rings (SSSR count). The molecule has 1 amide bonds. The second-order valence-corrected chi connectivity index (χ2v) is 10.2. The third-order valence-corrected chi connectivity index (χ3v) is 7.93. The number of furan rings is 1. The smallest absolute Gasteiger partial charge is 0.289 e. The lowest BCUT2D eigenvalue weighted by atomic mass is 10.1. The first kappa shape index (κ1) is 21.5. The van der Waals surface area contributed by atoms with Gasteiger partial charge >= 0.3 is 0 Å². The van der Waals surface area contributed by atoms with Gasteiger partial charge < -0.3 is 9.32 Å². The standard InChI is InChI=1S/C24H18ClN3O4S/c25-20-5-3-18-13-21(6-4-17(18)12-20)33(30,31)28-9-7-27(8-10-28)24(29)23-14-19-2-1-16(15-26)11-22(19)32-23/h1-6,11-14H,7-10H2. The number of amides is 1. The Labute approximate surface area is 195 Å². The number of hydrogen-bond acceptors (Lipinski definition) is 5. The van der Waals surface area contributed by atoms with E-state index in [9.17, 15) is 13.2 Å². The molecule has 4 aromatic rings. The Morgan fingerprint density at radius 3 is 2.36 bits per heavy atom. The Morgan fingerprint density at radius 1 is 0.909 bits per heavy atom. The van der Waals surface area contributed by atoms with Gasteiger partial charge in [-0.1, -0.05) is 23.7 Å². The van der Waals surface area contributed by atoms with Crippen LogP contribution in [0.5, 0.6) is 0 Å². The highest BCUT2D eigenvalue weighted by Gasteiger charge is 2.31. The Hall–Kier alpha value is -3.38. The summed E-state index contributed by atoms with van der Waals surface area (Å²) in [4.78, 5) is 14.7. The monoisotopic (exact) mass is 479 g/mol. The van der Waals surface area contributed by atoms with Crippen LogP contribution < -0.4 is 0 Å². The summed E-state index contributed by atoms with van der Waals surface area (Å²) in [5.41, 5.74) is 0.919. The SMILES string of the molecule is N#Cc1ccc2cc(C(=O)N3CCN(S(=O)(=O)c4ccc5cc(Cl)ccc5c4)CC3)oc2c1. The first-order valence-electron chi connectivity index (χ1n) is 10.3. The van der Waals surface area contributed by atoms with Crippen LogP contribution in [-0.4, -0.2) is 49.7 Å². The summed E-state index contributed by atoms with van der Waals surface area (Å²) < 4.78 is 33.4. The lowest BCUT2D eigenvalue weighted by Gasteiger charge is -2.33. The number of piperazine rings is 1. The van der Waals surface area contributed by atoms with Crippen molar-refractivity contribution < 1.29 is 17.6 Å². The molecule has 1 aliphatic rings. The summed E-state index contributed by atoms with van der Waals surface area (Å²) in [5, 5.41) is 12.0. The highest BCUT2D eigenvalue weighted by Crippen LogP contribution is 2.26. The summed E-state index contributed by atoms with van der Waals surface area (Å²) in [6, 6.07) is 18.9. The van der Waals surface area contributed by atoms with E-state index >= 15 is 0 Å². The minimum absolute atomic E-state index is 0.171. The first-order chi connectivity index (χ1) is 15.8. The molecular weight excluding hydrogens is 462 g/mol. The van der Waals surface area contributed by atoms with E-state index in [0.29, 0.717) is 16.2 Å². The van der Waals surface area contributed by atoms with Gasteiger partial charge in [0, 0.05) is 36.6 Å². The maximum atomic E-state index is 13.2. The van der Waals surface area contributed by atoms with E-state index in [4.69, 9.17) is 21.3 Å². The van der Waals surface area contributed by atoms with Crippen LogP contribution in [0.4, 0.5) is 0 Å². The summed E-state index contributed by atoms with van der Waals surface area (Å²) in [6.07, 6.45) is 0. The Balaban J connectivity index is 1.31. The van der Waals surface area contributed by atoms with Gasteiger partial charge in [-0.25, -0.2) is 8.42 Å². The molecule has 0 spiro atoms. The number of sulfonamides is 1. The third kappa shape index (κ3) is 3.95. The molecule has 0 N–H and O–H groups in total. The molecule has 3 aromatic carbocycles. The molecular formula is C24H18ClN3O4S. The number of rotatable bonds is 3. The minimum atomic E-state index is -3.70. The number of halogens is 1. The average molecular weight is 480 g/mol. The maximum absolute atomic E-state index is 13.2. The Kier molecular flexibility index (Phi) is 5.33. The van der Waals surface area contributed by atoms with Gasteiger partial charge in [0.25, 0.3) is 5.91 Å². The van der Waals surface area contributed by atoms with Crippen molar-refractivity contribution in [3.05, 3.63) is 77.0 Å². The second-order valence-electron chi connectivity index (χ2n) is 7.82. The van der Waals surface area contributed by atoms with Crippen LogP contribution in [-0.2, 0) is 10.0 Å². The molecule has 0 atom stereocenters.